The first kappa shape index (κ1) is 17.0. The van der Waals surface area contributed by atoms with Crippen LogP contribution in [0.4, 0.5) is 5.82 Å². The number of ether oxygens (including phenoxy) is 1. The molecule has 138 valence electrons. The predicted molar refractivity (Wildman–Crippen MR) is 90.0 cm³/mol. The minimum absolute atomic E-state index is 0.282. The number of aliphatic hydroxyl groups is 3. The van der Waals surface area contributed by atoms with Crippen molar-refractivity contribution in [2.45, 2.75) is 38.0 Å². The number of rotatable bonds is 2. The fourth-order valence-corrected chi connectivity index (χ4v) is 3.26. The van der Waals surface area contributed by atoms with Crippen LogP contribution in [0.15, 0.2) is 38.8 Å². The van der Waals surface area contributed by atoms with Gasteiger partial charge in [-0.3, -0.25) is 0 Å². The third-order valence-electron chi connectivity index (χ3n) is 4.87. The van der Waals surface area contributed by atoms with Crippen LogP contribution in [0.25, 0.3) is 0 Å². The first-order valence-electron chi connectivity index (χ1n) is 8.26. The number of hydrogen-bond donors (Lipinski definition) is 3. The van der Waals surface area contributed by atoms with Gasteiger partial charge >= 0.3 is 5.69 Å². The first-order chi connectivity index (χ1) is 12.4. The summed E-state index contributed by atoms with van der Waals surface area (Å²) in [5, 5.41) is 29.3. The summed E-state index contributed by atoms with van der Waals surface area (Å²) in [6.07, 6.45) is -1.28. The molecule has 1 saturated heterocycles. The highest BCUT2D eigenvalue weighted by Crippen LogP contribution is 2.26. The van der Waals surface area contributed by atoms with Gasteiger partial charge in [0.2, 0.25) is 12.0 Å². The Balaban J connectivity index is 1.75. The Morgan fingerprint density at radius 2 is 2.12 bits per heavy atom. The Labute approximate surface area is 148 Å². The van der Waals surface area contributed by atoms with Crippen molar-refractivity contribution in [2.75, 3.05) is 13.7 Å². The second-order valence-corrected chi connectivity index (χ2v) is 6.54. The van der Waals surface area contributed by atoms with Crippen molar-refractivity contribution in [1.29, 1.82) is 0 Å². The largest absolute Gasteiger partial charge is 0.502 e. The van der Waals surface area contributed by atoms with Crippen LogP contribution in [0.5, 0.6) is 0 Å². The van der Waals surface area contributed by atoms with E-state index in [1.165, 1.54) is 15.3 Å². The van der Waals surface area contributed by atoms with Gasteiger partial charge in [-0.05, 0) is 6.92 Å². The maximum Gasteiger partial charge on any atom is 0.502 e. The molecular weight excluding hydrogens is 342 g/mol. The van der Waals surface area contributed by atoms with Gasteiger partial charge in [0.15, 0.2) is 5.84 Å². The summed E-state index contributed by atoms with van der Waals surface area (Å²) >= 11 is 0. The lowest BCUT2D eigenvalue weighted by molar-refractivity contribution is -0.781. The molecule has 0 bridgehead atoms. The van der Waals surface area contributed by atoms with Gasteiger partial charge in [-0.15, -0.1) is 0 Å². The zero-order valence-electron chi connectivity index (χ0n) is 14.3. The molecule has 0 aliphatic carbocycles. The predicted octanol–water partition coefficient (Wildman–Crippen LogP) is -1.96. The number of aromatic nitrogens is 2. The van der Waals surface area contributed by atoms with E-state index >= 15 is 0 Å². The summed E-state index contributed by atoms with van der Waals surface area (Å²) in [6, 6.07) is 1.63. The summed E-state index contributed by atoms with van der Waals surface area (Å²) in [5.41, 5.74) is 0.363. The fraction of sp³-hybridized carbons (Fsp3) is 0.500. The summed E-state index contributed by atoms with van der Waals surface area (Å²) in [5.74, 6) is 1.83. The smallest absolute Gasteiger partial charge is 0.394 e. The van der Waals surface area contributed by atoms with Crippen LogP contribution in [0.2, 0.25) is 0 Å². The molecule has 1 aromatic heterocycles. The third kappa shape index (κ3) is 2.50. The molecule has 0 aromatic carbocycles. The van der Waals surface area contributed by atoms with Crippen molar-refractivity contribution < 1.29 is 24.6 Å². The fourth-order valence-electron chi connectivity index (χ4n) is 3.26. The van der Waals surface area contributed by atoms with Crippen molar-refractivity contribution in [3.05, 3.63) is 34.5 Å². The second-order valence-electron chi connectivity index (χ2n) is 6.54. The van der Waals surface area contributed by atoms with Crippen molar-refractivity contribution >= 4 is 17.5 Å². The molecule has 4 heterocycles. The average Bonchev–Trinajstić information content (AvgIpc) is 2.90. The van der Waals surface area contributed by atoms with E-state index < -0.39 is 36.8 Å². The summed E-state index contributed by atoms with van der Waals surface area (Å²) in [4.78, 5) is 23.6. The van der Waals surface area contributed by atoms with Gasteiger partial charge in [-0.1, -0.05) is 0 Å². The topological polar surface area (TPSA) is 124 Å². The van der Waals surface area contributed by atoms with Crippen LogP contribution in [-0.2, 0) is 11.3 Å². The van der Waals surface area contributed by atoms with Crippen LogP contribution in [0, 0.1) is 0 Å². The number of fused-ring (bicyclic) bond motifs is 2. The monoisotopic (exact) mass is 362 g/mol. The molecule has 26 heavy (non-hydrogen) atoms. The molecule has 0 amide bonds. The molecular formula is C16H20N5O5+. The van der Waals surface area contributed by atoms with E-state index in [0.29, 0.717) is 11.7 Å². The van der Waals surface area contributed by atoms with Crippen molar-refractivity contribution in [1.82, 2.24) is 9.47 Å². The zero-order valence-corrected chi connectivity index (χ0v) is 14.3. The number of aliphatic hydroxyl groups excluding tert-OH is 3. The standard InChI is InChI=1S/C16H20N5O5/c1-8-17-14-9(5-19(8)2)6-21-11(18-14)3-4-20(16(21)25)15-13(24)12(23)10(7-22)26-15/h3-5,10,12-13,15,22-24H,6-7H2,1-2H3/q+1/t10-,12+,13-,15-/m0/s1. The van der Waals surface area contributed by atoms with E-state index in [1.54, 1.807) is 6.07 Å². The van der Waals surface area contributed by atoms with E-state index in [4.69, 9.17) is 4.74 Å². The Hall–Kier alpha value is -2.40. The molecule has 4 atom stereocenters. The van der Waals surface area contributed by atoms with Crippen LogP contribution in [-0.4, -0.2) is 68.4 Å². The minimum atomic E-state index is -1.32. The van der Waals surface area contributed by atoms with Crippen LogP contribution >= 0.6 is 0 Å². The maximum absolute atomic E-state index is 12.9. The highest BCUT2D eigenvalue weighted by Gasteiger charge is 2.47. The zero-order chi connectivity index (χ0) is 18.6. The minimum Gasteiger partial charge on any atom is -0.394 e. The summed E-state index contributed by atoms with van der Waals surface area (Å²) in [6.45, 7) is 1.70. The lowest BCUT2D eigenvalue weighted by Crippen LogP contribution is -2.60. The first-order valence-corrected chi connectivity index (χ1v) is 8.26. The van der Waals surface area contributed by atoms with E-state index in [1.807, 2.05) is 25.1 Å². The van der Waals surface area contributed by atoms with Gasteiger partial charge < -0.3 is 25.0 Å². The Kier molecular flexibility index (Phi) is 3.99. The van der Waals surface area contributed by atoms with Gasteiger partial charge in [0.1, 0.15) is 36.9 Å². The molecule has 3 aliphatic rings. The van der Waals surface area contributed by atoms with E-state index in [0.717, 1.165) is 11.4 Å². The number of hydrogen-bond acceptors (Lipinski definition) is 8. The van der Waals surface area contributed by atoms with Gasteiger partial charge in [0.05, 0.1) is 12.2 Å². The molecule has 10 heteroatoms. The second kappa shape index (κ2) is 6.09. The Bertz CT molecular complexity index is 905. The van der Waals surface area contributed by atoms with Crippen molar-refractivity contribution in [3.8, 4) is 0 Å². The van der Waals surface area contributed by atoms with Crippen LogP contribution in [0.3, 0.4) is 0 Å². The summed E-state index contributed by atoms with van der Waals surface area (Å²) in [7, 11) is 1.87. The number of nitrogens with zero attached hydrogens (tertiary/aromatic N) is 5. The molecule has 0 saturated carbocycles. The molecule has 3 aliphatic heterocycles. The van der Waals surface area contributed by atoms with Crippen molar-refractivity contribution in [2.24, 2.45) is 9.98 Å². The van der Waals surface area contributed by atoms with E-state index in [2.05, 4.69) is 9.98 Å². The SMILES string of the molecule is CC1=NC2=Nc3cc[n+]([C@H]4O[C@@H](CO)[C@@H](O)[C@@H]4O)c(=O)n3CC2=CN1C. The van der Waals surface area contributed by atoms with E-state index in [-0.39, 0.29) is 6.54 Å². The third-order valence-corrected chi connectivity index (χ3v) is 4.87. The quantitative estimate of drug-likeness (QED) is 0.525. The summed E-state index contributed by atoms with van der Waals surface area (Å²) < 4.78 is 8.11. The lowest BCUT2D eigenvalue weighted by atomic mass is 10.1. The number of aliphatic imine (C=N–C) groups is 2. The highest BCUT2D eigenvalue weighted by molar-refractivity contribution is 6.09. The van der Waals surface area contributed by atoms with Crippen molar-refractivity contribution in [3.63, 3.8) is 0 Å². The number of amidine groups is 2. The van der Waals surface area contributed by atoms with Crippen LogP contribution in [0.1, 0.15) is 13.2 Å². The molecule has 10 nitrogen and oxygen atoms in total. The highest BCUT2D eigenvalue weighted by atomic mass is 16.6. The molecule has 3 N–H and O–H groups in total. The molecule has 1 aromatic rings. The molecule has 4 rings (SSSR count). The van der Waals surface area contributed by atoms with Gasteiger partial charge in [-0.25, -0.2) is 4.99 Å². The molecule has 0 radical (unpaired) electrons. The Morgan fingerprint density at radius 1 is 1.35 bits per heavy atom. The average molecular weight is 362 g/mol. The van der Waals surface area contributed by atoms with Gasteiger partial charge in [0, 0.05) is 19.3 Å². The van der Waals surface area contributed by atoms with Gasteiger partial charge in [0.25, 0.3) is 0 Å². The van der Waals surface area contributed by atoms with Gasteiger partial charge in [-0.2, -0.15) is 18.9 Å². The Morgan fingerprint density at radius 3 is 2.81 bits per heavy atom. The molecule has 1 fully saturated rings. The normalized spacial score (nSPS) is 30.3. The van der Waals surface area contributed by atoms with E-state index in [9.17, 15) is 20.1 Å². The lowest BCUT2D eigenvalue weighted by Gasteiger charge is -2.23. The van der Waals surface area contributed by atoms with Crippen LogP contribution < -0.4 is 10.3 Å². The maximum atomic E-state index is 12.9. The molecule has 0 spiro atoms. The molecule has 0 unspecified atom stereocenters.